The fourth-order valence-electron chi connectivity index (χ4n) is 2.62. The first kappa shape index (κ1) is 23.9. The van der Waals surface area contributed by atoms with Gasteiger partial charge in [-0.05, 0) is 88.3 Å². The van der Waals surface area contributed by atoms with E-state index in [1.54, 1.807) is 51.2 Å². The van der Waals surface area contributed by atoms with Crippen molar-refractivity contribution in [2.45, 2.75) is 52.2 Å². The minimum Gasteiger partial charge on any atom is -0.326 e. The van der Waals surface area contributed by atoms with E-state index in [2.05, 4.69) is 41.1 Å². The zero-order valence-corrected chi connectivity index (χ0v) is 19.8. The number of rotatable bonds is 7. The molecule has 0 saturated carbocycles. The maximum atomic E-state index is 12.6. The summed E-state index contributed by atoms with van der Waals surface area (Å²) in [7, 11) is -3.56. The molecule has 1 aromatic heterocycles. The van der Waals surface area contributed by atoms with Crippen molar-refractivity contribution in [1.82, 2.24) is 10.0 Å². The van der Waals surface area contributed by atoms with Gasteiger partial charge in [-0.15, -0.1) is 11.3 Å². The van der Waals surface area contributed by atoms with Crippen LogP contribution in [0, 0.1) is 6.92 Å². The first-order valence-electron chi connectivity index (χ1n) is 9.75. The average molecular weight is 447 g/mol. The van der Waals surface area contributed by atoms with E-state index in [0.29, 0.717) is 5.57 Å². The Morgan fingerprint density at radius 1 is 1.20 bits per heavy atom. The number of carbonyl (C=O) groups excluding carboxylic acids is 1. The Morgan fingerprint density at radius 2 is 1.90 bits per heavy atom. The van der Waals surface area contributed by atoms with E-state index in [0.717, 1.165) is 18.5 Å². The van der Waals surface area contributed by atoms with E-state index in [1.165, 1.54) is 22.1 Å². The predicted molar refractivity (Wildman–Crippen MR) is 126 cm³/mol. The molecule has 0 fully saturated rings. The van der Waals surface area contributed by atoms with Crippen LogP contribution in [-0.2, 0) is 14.8 Å². The van der Waals surface area contributed by atoms with Crippen LogP contribution in [0.1, 0.15) is 51.0 Å². The molecule has 1 aliphatic rings. The standard InChI is InChI=1S/C23H30N2O3S2/c1-7-18(9-8-17(3)25-30(27,28)23(4,5)6)22(26)24-20-12-10-19(11-13-20)21-14-16(2)15-29-21/h7-10,12,14-15,25H,3,11,13H2,1-2,4-6H3,(H,24,26)/b9-8-,18-7+. The molecule has 0 spiro atoms. The second kappa shape index (κ2) is 9.62. The number of hydrogen-bond donors (Lipinski definition) is 2. The van der Waals surface area contributed by atoms with Gasteiger partial charge in [0.15, 0.2) is 0 Å². The molecule has 5 nitrogen and oxygen atoms in total. The van der Waals surface area contributed by atoms with Gasteiger partial charge < -0.3 is 5.32 Å². The maximum absolute atomic E-state index is 12.6. The van der Waals surface area contributed by atoms with E-state index in [9.17, 15) is 13.2 Å². The van der Waals surface area contributed by atoms with Crippen molar-refractivity contribution in [2.24, 2.45) is 0 Å². The number of aryl methyl sites for hydroxylation is 1. The summed E-state index contributed by atoms with van der Waals surface area (Å²) in [4.78, 5) is 13.9. The minimum atomic E-state index is -3.56. The Morgan fingerprint density at radius 3 is 2.40 bits per heavy atom. The molecule has 0 saturated heterocycles. The van der Waals surface area contributed by atoms with Crippen LogP contribution in [0.3, 0.4) is 0 Å². The summed E-state index contributed by atoms with van der Waals surface area (Å²) in [6.07, 6.45) is 10.4. The smallest absolute Gasteiger partial charge is 0.255 e. The maximum Gasteiger partial charge on any atom is 0.255 e. The van der Waals surface area contributed by atoms with Crippen LogP contribution in [0.4, 0.5) is 0 Å². The molecule has 0 bridgehead atoms. The van der Waals surface area contributed by atoms with E-state index < -0.39 is 14.8 Å². The number of allylic oxidation sites excluding steroid dienone is 6. The molecule has 30 heavy (non-hydrogen) atoms. The van der Waals surface area contributed by atoms with E-state index in [-0.39, 0.29) is 11.6 Å². The number of sulfonamides is 1. The third-order valence-corrected chi connectivity index (χ3v) is 7.85. The van der Waals surface area contributed by atoms with Crippen LogP contribution >= 0.6 is 11.3 Å². The van der Waals surface area contributed by atoms with E-state index in [1.807, 2.05) is 6.08 Å². The van der Waals surface area contributed by atoms with Crippen LogP contribution in [0.15, 0.2) is 65.4 Å². The molecule has 0 unspecified atom stereocenters. The largest absolute Gasteiger partial charge is 0.326 e. The molecule has 1 aliphatic carbocycles. The van der Waals surface area contributed by atoms with Gasteiger partial charge in [0, 0.05) is 21.8 Å². The highest BCUT2D eigenvalue weighted by molar-refractivity contribution is 7.90. The number of thiophene rings is 1. The minimum absolute atomic E-state index is 0.202. The van der Waals surface area contributed by atoms with Crippen molar-refractivity contribution < 1.29 is 13.2 Å². The van der Waals surface area contributed by atoms with Crippen LogP contribution in [-0.4, -0.2) is 19.1 Å². The zero-order chi connectivity index (χ0) is 22.5. The summed E-state index contributed by atoms with van der Waals surface area (Å²) >= 11 is 1.73. The second-order valence-corrected chi connectivity index (χ2v) is 11.5. The summed E-state index contributed by atoms with van der Waals surface area (Å²) in [5, 5.41) is 5.07. The topological polar surface area (TPSA) is 75.3 Å². The highest BCUT2D eigenvalue weighted by Gasteiger charge is 2.28. The van der Waals surface area contributed by atoms with Crippen molar-refractivity contribution in [3.05, 3.63) is 75.8 Å². The first-order chi connectivity index (χ1) is 13.9. The molecule has 0 aliphatic heterocycles. The lowest BCUT2D eigenvalue weighted by molar-refractivity contribution is -0.116. The molecule has 0 atom stereocenters. The molecule has 7 heteroatoms. The van der Waals surface area contributed by atoms with Gasteiger partial charge in [-0.3, -0.25) is 9.52 Å². The van der Waals surface area contributed by atoms with Gasteiger partial charge >= 0.3 is 0 Å². The fraction of sp³-hybridized carbons (Fsp3) is 0.348. The Balaban J connectivity index is 2.00. The van der Waals surface area contributed by atoms with Gasteiger partial charge in [0.25, 0.3) is 5.91 Å². The number of nitrogens with one attached hydrogen (secondary N) is 2. The van der Waals surface area contributed by atoms with Crippen LogP contribution in [0.5, 0.6) is 0 Å². The molecule has 2 N–H and O–H groups in total. The average Bonchev–Trinajstić information content (AvgIpc) is 3.08. The van der Waals surface area contributed by atoms with Crippen molar-refractivity contribution in [1.29, 1.82) is 0 Å². The molecule has 0 radical (unpaired) electrons. The third-order valence-electron chi connectivity index (χ3n) is 4.58. The lowest BCUT2D eigenvalue weighted by Gasteiger charge is -2.20. The summed E-state index contributed by atoms with van der Waals surface area (Å²) in [5.74, 6) is -0.240. The molecule has 1 heterocycles. The normalized spacial score (nSPS) is 15.6. The molecule has 1 aromatic rings. The summed E-state index contributed by atoms with van der Waals surface area (Å²) in [5.41, 5.74) is 4.02. The predicted octanol–water partition coefficient (Wildman–Crippen LogP) is 4.97. The molecular weight excluding hydrogens is 416 g/mol. The van der Waals surface area contributed by atoms with Gasteiger partial charge in [0.2, 0.25) is 10.0 Å². The van der Waals surface area contributed by atoms with Crippen molar-refractivity contribution >= 4 is 32.8 Å². The van der Waals surface area contributed by atoms with Gasteiger partial charge in [0.1, 0.15) is 0 Å². The van der Waals surface area contributed by atoms with Crippen molar-refractivity contribution in [3.63, 3.8) is 0 Å². The Bertz CT molecular complexity index is 1050. The second-order valence-electron chi connectivity index (χ2n) is 8.15. The van der Waals surface area contributed by atoms with Crippen molar-refractivity contribution in [2.75, 3.05) is 0 Å². The highest BCUT2D eigenvalue weighted by Crippen LogP contribution is 2.30. The number of hydrogen-bond acceptors (Lipinski definition) is 4. The lowest BCUT2D eigenvalue weighted by Crippen LogP contribution is -2.38. The Hall–Kier alpha value is -2.38. The van der Waals surface area contributed by atoms with Gasteiger partial charge in [-0.2, -0.15) is 0 Å². The first-order valence-corrected chi connectivity index (χ1v) is 12.1. The van der Waals surface area contributed by atoms with Crippen LogP contribution in [0.25, 0.3) is 5.57 Å². The summed E-state index contributed by atoms with van der Waals surface area (Å²) < 4.78 is 25.9. The lowest BCUT2D eigenvalue weighted by atomic mass is 10.0. The van der Waals surface area contributed by atoms with Crippen LogP contribution < -0.4 is 10.0 Å². The summed E-state index contributed by atoms with van der Waals surface area (Å²) in [6, 6.07) is 2.18. The number of amides is 1. The molecule has 162 valence electrons. The zero-order valence-electron chi connectivity index (χ0n) is 18.2. The fourth-order valence-corrected chi connectivity index (χ4v) is 4.29. The van der Waals surface area contributed by atoms with Gasteiger partial charge in [0.05, 0.1) is 4.75 Å². The van der Waals surface area contributed by atoms with Gasteiger partial charge in [-0.1, -0.05) is 18.7 Å². The van der Waals surface area contributed by atoms with Crippen molar-refractivity contribution in [3.8, 4) is 0 Å². The monoisotopic (exact) mass is 446 g/mol. The number of carbonyl (C=O) groups is 1. The molecule has 1 amide bonds. The third kappa shape index (κ3) is 6.31. The Labute approximate surface area is 184 Å². The molecule has 2 rings (SSSR count). The Kier molecular flexibility index (Phi) is 7.66. The van der Waals surface area contributed by atoms with E-state index in [4.69, 9.17) is 0 Å². The molecule has 0 aromatic carbocycles. The molecular formula is C23H30N2O3S2. The van der Waals surface area contributed by atoms with E-state index >= 15 is 0 Å². The summed E-state index contributed by atoms with van der Waals surface area (Å²) in [6.45, 7) is 12.4. The SMILES string of the molecule is C=C(/C=C\C(=C/C)C(=O)NC1=CC=C(c2cc(C)cs2)CC1)NS(=O)(=O)C(C)(C)C. The highest BCUT2D eigenvalue weighted by atomic mass is 32.2. The van der Waals surface area contributed by atoms with Gasteiger partial charge in [-0.25, -0.2) is 8.42 Å². The van der Waals surface area contributed by atoms with Crippen LogP contribution in [0.2, 0.25) is 0 Å². The quantitative estimate of drug-likeness (QED) is 0.459.